The molecule has 112 valence electrons. The van der Waals surface area contributed by atoms with E-state index in [1.165, 1.54) is 0 Å². The highest BCUT2D eigenvalue weighted by atomic mass is 79.9. The molecule has 0 unspecified atom stereocenters. The van der Waals surface area contributed by atoms with E-state index in [1.54, 1.807) is 13.2 Å². The van der Waals surface area contributed by atoms with Gasteiger partial charge in [-0.3, -0.25) is 0 Å². The molecule has 2 N–H and O–H groups in total. The van der Waals surface area contributed by atoms with Gasteiger partial charge >= 0.3 is 0 Å². The van der Waals surface area contributed by atoms with Crippen molar-refractivity contribution in [1.82, 2.24) is 5.32 Å². The molecule has 0 heterocycles. The zero-order valence-electron chi connectivity index (χ0n) is 12.0. The minimum atomic E-state index is 0.108. The van der Waals surface area contributed by atoms with E-state index in [4.69, 9.17) is 9.47 Å². The van der Waals surface area contributed by atoms with Crippen LogP contribution in [-0.4, -0.2) is 31.5 Å². The highest BCUT2D eigenvalue weighted by Crippen LogP contribution is 2.36. The summed E-state index contributed by atoms with van der Waals surface area (Å²) in [6, 6.07) is 4.02. The SMILES string of the molecule is C=CCOc1c(Br)cc(CN[C@H](CC)CO)cc1OC. The summed E-state index contributed by atoms with van der Waals surface area (Å²) in [5.74, 6) is 1.35. The quantitative estimate of drug-likeness (QED) is 0.677. The summed E-state index contributed by atoms with van der Waals surface area (Å²) >= 11 is 3.49. The van der Waals surface area contributed by atoms with Gasteiger partial charge < -0.3 is 19.9 Å². The Kier molecular flexibility index (Phi) is 7.65. The average molecular weight is 344 g/mol. The molecule has 1 atom stereocenters. The number of hydrogen-bond donors (Lipinski definition) is 2. The Bertz CT molecular complexity index is 433. The van der Waals surface area contributed by atoms with Crippen LogP contribution in [0.1, 0.15) is 18.9 Å². The fourth-order valence-corrected chi connectivity index (χ4v) is 2.36. The monoisotopic (exact) mass is 343 g/mol. The van der Waals surface area contributed by atoms with E-state index in [9.17, 15) is 5.11 Å². The molecule has 0 aliphatic heterocycles. The lowest BCUT2D eigenvalue weighted by atomic mass is 10.1. The van der Waals surface area contributed by atoms with Gasteiger partial charge in [-0.15, -0.1) is 0 Å². The van der Waals surface area contributed by atoms with Gasteiger partial charge in [-0.25, -0.2) is 0 Å². The van der Waals surface area contributed by atoms with Crippen LogP contribution in [0.3, 0.4) is 0 Å². The van der Waals surface area contributed by atoms with Crippen molar-refractivity contribution in [2.24, 2.45) is 0 Å². The fourth-order valence-electron chi connectivity index (χ4n) is 1.76. The smallest absolute Gasteiger partial charge is 0.175 e. The minimum Gasteiger partial charge on any atom is -0.493 e. The van der Waals surface area contributed by atoms with Crippen molar-refractivity contribution < 1.29 is 14.6 Å². The van der Waals surface area contributed by atoms with E-state index < -0.39 is 0 Å². The Morgan fingerprint density at radius 2 is 2.25 bits per heavy atom. The van der Waals surface area contributed by atoms with E-state index in [0.29, 0.717) is 24.7 Å². The molecule has 0 bridgehead atoms. The summed E-state index contributed by atoms with van der Waals surface area (Å²) in [5.41, 5.74) is 1.06. The second-order valence-electron chi connectivity index (χ2n) is 4.38. The maximum absolute atomic E-state index is 9.17. The van der Waals surface area contributed by atoms with Gasteiger partial charge in [-0.05, 0) is 40.0 Å². The lowest BCUT2D eigenvalue weighted by molar-refractivity contribution is 0.238. The Balaban J connectivity index is 2.84. The van der Waals surface area contributed by atoms with Crippen LogP contribution in [0.15, 0.2) is 29.3 Å². The highest BCUT2D eigenvalue weighted by molar-refractivity contribution is 9.10. The Labute approximate surface area is 128 Å². The van der Waals surface area contributed by atoms with Crippen molar-refractivity contribution in [2.75, 3.05) is 20.3 Å². The van der Waals surface area contributed by atoms with E-state index in [1.807, 2.05) is 19.1 Å². The lowest BCUT2D eigenvalue weighted by Crippen LogP contribution is -2.31. The normalized spacial score (nSPS) is 12.0. The van der Waals surface area contributed by atoms with Crippen molar-refractivity contribution in [3.8, 4) is 11.5 Å². The van der Waals surface area contributed by atoms with Gasteiger partial charge in [-0.1, -0.05) is 19.6 Å². The van der Waals surface area contributed by atoms with Crippen molar-refractivity contribution in [3.63, 3.8) is 0 Å². The number of hydrogen-bond acceptors (Lipinski definition) is 4. The molecular formula is C15H22BrNO3. The molecule has 0 saturated heterocycles. The summed E-state index contributed by atoms with van der Waals surface area (Å²) in [6.07, 6.45) is 2.57. The summed E-state index contributed by atoms with van der Waals surface area (Å²) in [5, 5.41) is 12.5. The number of nitrogens with one attached hydrogen (secondary N) is 1. The number of rotatable bonds is 9. The van der Waals surface area contributed by atoms with E-state index in [-0.39, 0.29) is 12.6 Å². The summed E-state index contributed by atoms with van der Waals surface area (Å²) in [4.78, 5) is 0. The number of ether oxygens (including phenoxy) is 2. The highest BCUT2D eigenvalue weighted by Gasteiger charge is 2.12. The first-order valence-electron chi connectivity index (χ1n) is 6.60. The van der Waals surface area contributed by atoms with E-state index >= 15 is 0 Å². The molecule has 1 aromatic rings. The fraction of sp³-hybridized carbons (Fsp3) is 0.467. The molecule has 1 aromatic carbocycles. The van der Waals surface area contributed by atoms with Crippen LogP contribution in [0.5, 0.6) is 11.5 Å². The van der Waals surface area contributed by atoms with E-state index in [2.05, 4.69) is 27.8 Å². The van der Waals surface area contributed by atoms with Crippen LogP contribution in [0.4, 0.5) is 0 Å². The van der Waals surface area contributed by atoms with E-state index in [0.717, 1.165) is 16.5 Å². The molecule has 0 saturated carbocycles. The van der Waals surface area contributed by atoms with Gasteiger partial charge in [0.1, 0.15) is 6.61 Å². The van der Waals surface area contributed by atoms with Gasteiger partial charge in [-0.2, -0.15) is 0 Å². The number of methoxy groups -OCH3 is 1. The van der Waals surface area contributed by atoms with Crippen LogP contribution >= 0.6 is 15.9 Å². The van der Waals surface area contributed by atoms with Crippen LogP contribution < -0.4 is 14.8 Å². The zero-order valence-corrected chi connectivity index (χ0v) is 13.6. The third-order valence-electron chi connectivity index (χ3n) is 2.94. The molecule has 0 fully saturated rings. The van der Waals surface area contributed by atoms with Gasteiger partial charge in [0.25, 0.3) is 0 Å². The van der Waals surface area contributed by atoms with Gasteiger partial charge in [0, 0.05) is 12.6 Å². The summed E-state index contributed by atoms with van der Waals surface area (Å²) < 4.78 is 11.8. The second-order valence-corrected chi connectivity index (χ2v) is 5.23. The summed E-state index contributed by atoms with van der Waals surface area (Å²) in [6.45, 7) is 6.89. The molecule has 4 nitrogen and oxygen atoms in total. The maximum atomic E-state index is 9.17. The standard InChI is InChI=1S/C15H22BrNO3/c1-4-6-20-15-13(16)7-11(8-14(15)19-3)9-17-12(5-2)10-18/h4,7-8,12,17-18H,1,5-6,9-10H2,2-3H3/t12-/m1/s1. The molecule has 0 aliphatic rings. The molecule has 0 amide bonds. The number of halogens is 1. The molecule has 0 spiro atoms. The van der Waals surface area contributed by atoms with Gasteiger partial charge in [0.2, 0.25) is 0 Å². The van der Waals surface area contributed by atoms with Crippen LogP contribution in [0.2, 0.25) is 0 Å². The molecule has 0 radical (unpaired) electrons. The number of aliphatic hydroxyl groups excluding tert-OH is 1. The summed E-state index contributed by atoms with van der Waals surface area (Å²) in [7, 11) is 1.61. The topological polar surface area (TPSA) is 50.7 Å². The van der Waals surface area contributed by atoms with Crippen molar-refractivity contribution in [2.45, 2.75) is 25.9 Å². The Morgan fingerprint density at radius 1 is 1.50 bits per heavy atom. The third kappa shape index (κ3) is 4.81. The molecular weight excluding hydrogens is 322 g/mol. The first kappa shape index (κ1) is 17.0. The second kappa shape index (κ2) is 9.00. The van der Waals surface area contributed by atoms with Crippen molar-refractivity contribution in [3.05, 3.63) is 34.8 Å². The van der Waals surface area contributed by atoms with Gasteiger partial charge in [0.05, 0.1) is 18.2 Å². The number of aliphatic hydroxyl groups is 1. The molecule has 5 heteroatoms. The lowest BCUT2D eigenvalue weighted by Gasteiger charge is -2.16. The van der Waals surface area contributed by atoms with Gasteiger partial charge in [0.15, 0.2) is 11.5 Å². The Hall–Kier alpha value is -1.04. The first-order chi connectivity index (χ1) is 9.65. The predicted octanol–water partition coefficient (Wildman–Crippen LogP) is 2.88. The molecule has 1 rings (SSSR count). The molecule has 0 aliphatic carbocycles. The number of benzene rings is 1. The minimum absolute atomic E-state index is 0.108. The molecule has 20 heavy (non-hydrogen) atoms. The van der Waals surface area contributed by atoms with Crippen molar-refractivity contribution in [1.29, 1.82) is 0 Å². The molecule has 0 aromatic heterocycles. The third-order valence-corrected chi connectivity index (χ3v) is 3.53. The zero-order chi connectivity index (χ0) is 15.0. The van der Waals surface area contributed by atoms with Crippen LogP contribution in [-0.2, 0) is 6.54 Å². The van der Waals surface area contributed by atoms with Crippen molar-refractivity contribution >= 4 is 15.9 Å². The largest absolute Gasteiger partial charge is 0.493 e. The maximum Gasteiger partial charge on any atom is 0.175 e. The first-order valence-corrected chi connectivity index (χ1v) is 7.39. The Morgan fingerprint density at radius 3 is 2.80 bits per heavy atom. The van der Waals surface area contributed by atoms with Crippen LogP contribution in [0, 0.1) is 0 Å². The average Bonchev–Trinajstić information content (AvgIpc) is 2.46. The van der Waals surface area contributed by atoms with Crippen LogP contribution in [0.25, 0.3) is 0 Å². The predicted molar refractivity (Wildman–Crippen MR) is 84.4 cm³/mol.